The van der Waals surface area contributed by atoms with Crippen molar-refractivity contribution in [1.82, 2.24) is 10.3 Å². The number of fused-ring (bicyclic) bond motifs is 1. The molecule has 43 heavy (non-hydrogen) atoms. The summed E-state index contributed by atoms with van der Waals surface area (Å²) in [5.74, 6) is -1.71. The van der Waals surface area contributed by atoms with Gasteiger partial charge in [0.25, 0.3) is 0 Å². The van der Waals surface area contributed by atoms with Gasteiger partial charge in [-0.3, -0.25) is 9.59 Å². The largest absolute Gasteiger partial charge is 0.458 e. The second kappa shape index (κ2) is 13.7. The van der Waals surface area contributed by atoms with Gasteiger partial charge in [-0.1, -0.05) is 34.1 Å². The first-order valence-electron chi connectivity index (χ1n) is 15.2. The Kier molecular flexibility index (Phi) is 11.2. The highest BCUT2D eigenvalue weighted by Gasteiger charge is 2.53. The number of aromatic nitrogens is 1. The van der Waals surface area contributed by atoms with Crippen LogP contribution in [0.25, 0.3) is 6.08 Å². The SMILES string of the molecule is CC(=Cc1csc(CNC(=O)OC(C)(C)C)n1)[C@@H]1C[C@@H]2O[C@]2(C)CCC[C@H](C)[C@H](O)[C@@H](C)C(=O)C(C)(C)[C@@H](O)CC(=O)O1. The quantitative estimate of drug-likeness (QED) is 0.305. The second-order valence-electron chi connectivity index (χ2n) is 14.0. The normalized spacial score (nSPS) is 32.9. The van der Waals surface area contributed by atoms with Crippen LogP contribution in [0.4, 0.5) is 4.79 Å². The molecule has 3 heterocycles. The Morgan fingerprint density at radius 2 is 1.91 bits per heavy atom. The highest BCUT2D eigenvalue weighted by molar-refractivity contribution is 7.09. The van der Waals surface area contributed by atoms with E-state index >= 15 is 0 Å². The van der Waals surface area contributed by atoms with Crippen LogP contribution in [-0.2, 0) is 30.3 Å². The summed E-state index contributed by atoms with van der Waals surface area (Å²) in [4.78, 5) is 43.0. The summed E-state index contributed by atoms with van der Waals surface area (Å²) in [6, 6.07) is 0. The number of rotatable bonds is 4. The van der Waals surface area contributed by atoms with Crippen molar-refractivity contribution in [1.29, 1.82) is 0 Å². The molecular weight excluding hydrogens is 572 g/mol. The van der Waals surface area contributed by atoms with Crippen LogP contribution in [0.3, 0.4) is 0 Å². The van der Waals surface area contributed by atoms with Crippen molar-refractivity contribution in [2.24, 2.45) is 17.3 Å². The minimum absolute atomic E-state index is 0.106. The molecule has 10 nitrogen and oxygen atoms in total. The van der Waals surface area contributed by atoms with Gasteiger partial charge >= 0.3 is 12.1 Å². The van der Waals surface area contributed by atoms with Crippen molar-refractivity contribution in [2.75, 3.05) is 0 Å². The van der Waals surface area contributed by atoms with Crippen LogP contribution in [0.15, 0.2) is 11.0 Å². The molecule has 0 unspecified atom stereocenters. The number of esters is 1. The lowest BCUT2D eigenvalue weighted by Gasteiger charge is -2.34. The van der Waals surface area contributed by atoms with Gasteiger partial charge in [0.1, 0.15) is 22.5 Å². The molecule has 0 bridgehead atoms. The summed E-state index contributed by atoms with van der Waals surface area (Å²) in [5, 5.41) is 27.1. The molecule has 2 fully saturated rings. The minimum atomic E-state index is -1.28. The molecule has 1 aromatic heterocycles. The lowest BCUT2D eigenvalue weighted by Crippen LogP contribution is -2.45. The maximum Gasteiger partial charge on any atom is 0.408 e. The third-order valence-corrected chi connectivity index (χ3v) is 9.51. The standard InChI is InChI=1S/C32H50N2O8S/c1-18-11-10-12-32(9)24(41-32)14-22(40-26(36)15-23(35)31(7,8)28(38)20(3)27(18)37)19(2)13-21-17-43-25(34-21)16-33-29(39)42-30(4,5)6/h13,17-18,20,22-24,27,35,37H,10-12,14-16H2,1-9H3,(H,33,39)/t18-,20+,22-,23-,24-,27-,32+/m0/s1. The van der Waals surface area contributed by atoms with Crippen molar-refractivity contribution in [2.45, 2.75) is 137 Å². The highest BCUT2D eigenvalue weighted by atomic mass is 32.1. The number of aliphatic hydroxyl groups excluding tert-OH is 2. The van der Waals surface area contributed by atoms with E-state index in [-0.39, 0.29) is 36.4 Å². The first-order chi connectivity index (χ1) is 19.8. The Balaban J connectivity index is 1.78. The van der Waals surface area contributed by atoms with Crippen LogP contribution < -0.4 is 5.32 Å². The Labute approximate surface area is 259 Å². The Hall–Kier alpha value is -2.34. The lowest BCUT2D eigenvalue weighted by molar-refractivity contribution is -0.154. The number of Topliss-reactive ketones (excluding diaryl/α,β-unsaturated/α-hetero) is 1. The van der Waals surface area contributed by atoms with E-state index in [0.29, 0.717) is 17.1 Å². The van der Waals surface area contributed by atoms with Gasteiger partial charge in [0.15, 0.2) is 0 Å². The number of ether oxygens (including phenoxy) is 3. The topological polar surface area (TPSA) is 148 Å². The number of alkyl carbamates (subject to hydrolysis) is 1. The van der Waals surface area contributed by atoms with Gasteiger partial charge in [-0.25, -0.2) is 9.78 Å². The maximum atomic E-state index is 13.3. The molecule has 2 saturated heterocycles. The van der Waals surface area contributed by atoms with E-state index in [1.807, 2.05) is 32.2 Å². The number of cyclic esters (lactones) is 1. The van der Waals surface area contributed by atoms with Crippen molar-refractivity contribution in [3.05, 3.63) is 21.7 Å². The number of nitrogens with zero attached hydrogens (tertiary/aromatic N) is 1. The molecule has 0 aromatic carbocycles. The zero-order valence-corrected chi connectivity index (χ0v) is 27.9. The van der Waals surface area contributed by atoms with Crippen molar-refractivity contribution in [3.63, 3.8) is 0 Å². The number of aliphatic hydroxyl groups is 2. The molecule has 1 amide bonds. The molecule has 3 rings (SSSR count). The van der Waals surface area contributed by atoms with Crippen molar-refractivity contribution in [3.8, 4) is 0 Å². The Morgan fingerprint density at radius 3 is 2.56 bits per heavy atom. The molecular formula is C32H50N2O8S. The van der Waals surface area contributed by atoms with E-state index in [9.17, 15) is 24.6 Å². The fourth-order valence-electron chi connectivity index (χ4n) is 5.55. The lowest BCUT2D eigenvalue weighted by atomic mass is 9.73. The average Bonchev–Trinajstić information content (AvgIpc) is 3.31. The Bertz CT molecular complexity index is 1190. The summed E-state index contributed by atoms with van der Waals surface area (Å²) in [6.45, 7) is 16.4. The number of ketones is 1. The summed E-state index contributed by atoms with van der Waals surface area (Å²) in [7, 11) is 0. The number of epoxide rings is 1. The number of carbonyl (C=O) groups excluding carboxylic acids is 3. The van der Waals surface area contributed by atoms with E-state index in [1.165, 1.54) is 11.3 Å². The highest BCUT2D eigenvalue weighted by Crippen LogP contribution is 2.45. The maximum absolute atomic E-state index is 13.3. The van der Waals surface area contributed by atoms with Crippen LogP contribution in [0, 0.1) is 17.3 Å². The van der Waals surface area contributed by atoms with Crippen LogP contribution >= 0.6 is 11.3 Å². The molecule has 3 N–H and O–H groups in total. The van der Waals surface area contributed by atoms with E-state index in [4.69, 9.17) is 14.2 Å². The first kappa shape index (κ1) is 35.1. The molecule has 11 heteroatoms. The summed E-state index contributed by atoms with van der Waals surface area (Å²) < 4.78 is 17.3. The van der Waals surface area contributed by atoms with E-state index in [0.717, 1.165) is 24.8 Å². The molecule has 0 aliphatic carbocycles. The molecule has 0 saturated carbocycles. The molecule has 242 valence electrons. The van der Waals surface area contributed by atoms with Gasteiger partial charge in [0, 0.05) is 17.7 Å². The van der Waals surface area contributed by atoms with Crippen LogP contribution in [-0.4, -0.2) is 68.7 Å². The zero-order valence-electron chi connectivity index (χ0n) is 27.1. The fourth-order valence-corrected chi connectivity index (χ4v) is 6.25. The van der Waals surface area contributed by atoms with Gasteiger partial charge in [-0.2, -0.15) is 0 Å². The number of nitrogens with one attached hydrogen (secondary N) is 1. The second-order valence-corrected chi connectivity index (χ2v) is 14.9. The smallest absolute Gasteiger partial charge is 0.408 e. The first-order valence-corrected chi connectivity index (χ1v) is 16.1. The number of hydrogen-bond donors (Lipinski definition) is 3. The monoisotopic (exact) mass is 622 g/mol. The molecule has 1 aromatic rings. The third-order valence-electron chi connectivity index (χ3n) is 8.64. The van der Waals surface area contributed by atoms with Gasteiger partial charge < -0.3 is 29.7 Å². The number of carbonyl (C=O) groups is 3. The van der Waals surface area contributed by atoms with E-state index in [2.05, 4.69) is 10.3 Å². The van der Waals surface area contributed by atoms with Crippen molar-refractivity contribution < 1.29 is 38.8 Å². The predicted octanol–water partition coefficient (Wildman–Crippen LogP) is 5.19. The van der Waals surface area contributed by atoms with Crippen LogP contribution in [0.5, 0.6) is 0 Å². The van der Waals surface area contributed by atoms with Gasteiger partial charge in [-0.15, -0.1) is 11.3 Å². The predicted molar refractivity (Wildman–Crippen MR) is 164 cm³/mol. The van der Waals surface area contributed by atoms with E-state index < -0.39 is 47.3 Å². The van der Waals surface area contributed by atoms with E-state index in [1.54, 1.807) is 41.5 Å². The third kappa shape index (κ3) is 9.57. The van der Waals surface area contributed by atoms with Crippen LogP contribution in [0.2, 0.25) is 0 Å². The number of amides is 1. The summed E-state index contributed by atoms with van der Waals surface area (Å²) in [6.07, 6.45) is 0.870. The Morgan fingerprint density at radius 1 is 1.23 bits per heavy atom. The fraction of sp³-hybridized carbons (Fsp3) is 0.750. The average molecular weight is 623 g/mol. The summed E-state index contributed by atoms with van der Waals surface area (Å²) >= 11 is 1.39. The van der Waals surface area contributed by atoms with Gasteiger partial charge in [0.2, 0.25) is 0 Å². The zero-order chi connectivity index (χ0) is 32.3. The molecule has 2 aliphatic rings. The molecule has 0 radical (unpaired) electrons. The number of thiazole rings is 1. The summed E-state index contributed by atoms with van der Waals surface area (Å²) in [5.41, 5.74) is -0.781. The van der Waals surface area contributed by atoms with Gasteiger partial charge in [0.05, 0.1) is 48.0 Å². The number of hydrogen-bond acceptors (Lipinski definition) is 10. The molecule has 7 atom stereocenters. The minimum Gasteiger partial charge on any atom is -0.458 e. The molecule has 0 spiro atoms. The van der Waals surface area contributed by atoms with Gasteiger partial charge in [-0.05, 0) is 65.0 Å². The molecule has 2 aliphatic heterocycles. The van der Waals surface area contributed by atoms with Crippen LogP contribution in [0.1, 0.15) is 105 Å². The van der Waals surface area contributed by atoms with Crippen molar-refractivity contribution >= 4 is 35.3 Å².